The van der Waals surface area contributed by atoms with Gasteiger partial charge < -0.3 is 10.1 Å². The van der Waals surface area contributed by atoms with Crippen LogP contribution in [0.5, 0.6) is 0 Å². The van der Waals surface area contributed by atoms with Crippen molar-refractivity contribution >= 4 is 17.9 Å². The number of nitrogens with zero attached hydrogens (tertiary/aromatic N) is 2. The Morgan fingerprint density at radius 3 is 2.57 bits per heavy atom. The van der Waals surface area contributed by atoms with Gasteiger partial charge >= 0.3 is 6.09 Å². The van der Waals surface area contributed by atoms with Gasteiger partial charge in [-0.2, -0.15) is 5.26 Å². The maximum atomic E-state index is 11.8. The number of carbonyl (C=O) groups excluding carboxylic acids is 1. The molecule has 0 atom stereocenters. The van der Waals surface area contributed by atoms with Gasteiger partial charge in [0, 0.05) is 17.5 Å². The predicted octanol–water partition coefficient (Wildman–Crippen LogP) is 3.88. The van der Waals surface area contributed by atoms with E-state index in [1.54, 1.807) is 24.0 Å². The lowest BCUT2D eigenvalue weighted by Gasteiger charge is -2.29. The highest BCUT2D eigenvalue weighted by Gasteiger charge is 2.25. The first kappa shape index (κ1) is 17.6. The van der Waals surface area contributed by atoms with Gasteiger partial charge in [0.2, 0.25) is 0 Å². The summed E-state index contributed by atoms with van der Waals surface area (Å²) in [6.07, 6.45) is 5.25. The lowest BCUT2D eigenvalue weighted by molar-refractivity contribution is 0.0493. The summed E-state index contributed by atoms with van der Waals surface area (Å²) < 4.78 is 5.29. The van der Waals surface area contributed by atoms with E-state index in [1.807, 2.05) is 26.8 Å². The van der Waals surface area contributed by atoms with Crippen LogP contribution in [0.25, 0.3) is 0 Å². The van der Waals surface area contributed by atoms with Crippen molar-refractivity contribution in [3.05, 3.63) is 23.9 Å². The molecule has 6 heteroatoms. The van der Waals surface area contributed by atoms with Gasteiger partial charge in [0.05, 0.1) is 10.6 Å². The van der Waals surface area contributed by atoms with E-state index in [-0.39, 0.29) is 12.1 Å². The number of hydrogen-bond donors (Lipinski definition) is 1. The summed E-state index contributed by atoms with van der Waals surface area (Å²) in [5.41, 5.74) is 0.123. The average molecular weight is 333 g/mol. The molecule has 0 spiro atoms. The highest BCUT2D eigenvalue weighted by molar-refractivity contribution is 7.99. The van der Waals surface area contributed by atoms with Crippen molar-refractivity contribution in [2.24, 2.45) is 0 Å². The second-order valence-electron chi connectivity index (χ2n) is 6.73. The number of hydrogen-bond acceptors (Lipinski definition) is 5. The van der Waals surface area contributed by atoms with Crippen molar-refractivity contribution in [3.8, 4) is 6.07 Å². The number of alkyl carbamates (subject to hydrolysis) is 1. The number of nitrogens with one attached hydrogen (secondary N) is 1. The summed E-state index contributed by atoms with van der Waals surface area (Å²) in [6.45, 7) is 5.60. The minimum Gasteiger partial charge on any atom is -0.444 e. The van der Waals surface area contributed by atoms with Crippen molar-refractivity contribution in [1.82, 2.24) is 10.3 Å². The van der Waals surface area contributed by atoms with E-state index in [2.05, 4.69) is 16.4 Å². The summed E-state index contributed by atoms with van der Waals surface area (Å²) in [4.78, 5) is 16.1. The lowest BCUT2D eigenvalue weighted by atomic mass is 9.95. The summed E-state index contributed by atoms with van der Waals surface area (Å²) in [6, 6.07) is 5.96. The quantitative estimate of drug-likeness (QED) is 0.908. The van der Waals surface area contributed by atoms with E-state index < -0.39 is 5.60 Å². The first-order valence-corrected chi connectivity index (χ1v) is 8.76. The molecule has 1 amide bonds. The van der Waals surface area contributed by atoms with Gasteiger partial charge in [0.15, 0.2) is 0 Å². The molecule has 23 heavy (non-hydrogen) atoms. The number of carbonyl (C=O) groups is 1. The van der Waals surface area contributed by atoms with E-state index >= 15 is 0 Å². The van der Waals surface area contributed by atoms with Crippen LogP contribution < -0.4 is 5.32 Å². The molecule has 1 N–H and O–H groups in total. The monoisotopic (exact) mass is 333 g/mol. The van der Waals surface area contributed by atoms with Crippen LogP contribution in [0.3, 0.4) is 0 Å². The second-order valence-corrected chi connectivity index (χ2v) is 8.06. The molecule has 0 saturated heterocycles. The highest BCUT2D eigenvalue weighted by atomic mass is 32.2. The molecule has 1 aromatic heterocycles. The zero-order valence-electron chi connectivity index (χ0n) is 13.8. The van der Waals surface area contributed by atoms with Crippen LogP contribution >= 0.6 is 11.8 Å². The van der Waals surface area contributed by atoms with Crippen LogP contribution in [-0.2, 0) is 4.74 Å². The van der Waals surface area contributed by atoms with Crippen LogP contribution in [0.15, 0.2) is 23.4 Å². The standard InChI is InChI=1S/C17H23N3O2S/c1-17(2,3)22-16(21)20-13-5-7-14(8-6-13)23-15-9-4-12(10-18)11-19-15/h4,9,11,13-14H,5-8H2,1-3H3,(H,20,21)/t13-,14+. The molecule has 1 aliphatic rings. The van der Waals surface area contributed by atoms with Crippen LogP contribution in [0, 0.1) is 11.3 Å². The number of pyridine rings is 1. The highest BCUT2D eigenvalue weighted by Crippen LogP contribution is 2.32. The second kappa shape index (κ2) is 7.69. The Morgan fingerprint density at radius 1 is 1.35 bits per heavy atom. The van der Waals surface area contributed by atoms with Crippen molar-refractivity contribution in [2.45, 2.75) is 68.4 Å². The molecule has 1 fully saturated rings. The summed E-state index contributed by atoms with van der Waals surface area (Å²) >= 11 is 1.75. The van der Waals surface area contributed by atoms with Gasteiger partial charge in [-0.25, -0.2) is 9.78 Å². The smallest absolute Gasteiger partial charge is 0.407 e. The minimum absolute atomic E-state index is 0.190. The SMILES string of the molecule is CC(C)(C)OC(=O)N[C@H]1CC[C@@H](Sc2ccc(C#N)cn2)CC1. The fourth-order valence-electron chi connectivity index (χ4n) is 2.49. The minimum atomic E-state index is -0.460. The number of aromatic nitrogens is 1. The molecule has 5 nitrogen and oxygen atoms in total. The Balaban J connectivity index is 1.75. The molecule has 1 aliphatic carbocycles. The van der Waals surface area contributed by atoms with E-state index in [0.717, 1.165) is 30.7 Å². The molecule has 1 saturated carbocycles. The third-order valence-electron chi connectivity index (χ3n) is 3.55. The Bertz CT molecular complexity index is 567. The van der Waals surface area contributed by atoms with Crippen LogP contribution in [0.4, 0.5) is 4.79 Å². The molecule has 2 rings (SSSR count). The number of rotatable bonds is 3. The van der Waals surface area contributed by atoms with Gasteiger partial charge in [-0.05, 0) is 58.6 Å². The molecule has 124 valence electrons. The average Bonchev–Trinajstić information content (AvgIpc) is 2.48. The third-order valence-corrected chi connectivity index (χ3v) is 4.84. The van der Waals surface area contributed by atoms with Crippen molar-refractivity contribution in [3.63, 3.8) is 0 Å². The molecule has 1 aromatic rings. The third kappa shape index (κ3) is 6.11. The summed E-state index contributed by atoms with van der Waals surface area (Å²) in [5, 5.41) is 13.2. The van der Waals surface area contributed by atoms with Crippen molar-refractivity contribution in [1.29, 1.82) is 5.26 Å². The Kier molecular flexibility index (Phi) is 5.89. The van der Waals surface area contributed by atoms with E-state index in [9.17, 15) is 4.79 Å². The van der Waals surface area contributed by atoms with Crippen LogP contribution in [0.2, 0.25) is 0 Å². The molecule has 1 heterocycles. The Labute approximate surface area is 141 Å². The molecular weight excluding hydrogens is 310 g/mol. The molecule has 0 radical (unpaired) electrons. The van der Waals surface area contributed by atoms with Gasteiger partial charge in [-0.1, -0.05) is 0 Å². The maximum Gasteiger partial charge on any atom is 0.407 e. The topological polar surface area (TPSA) is 75.0 Å². The number of amides is 1. The lowest BCUT2D eigenvalue weighted by Crippen LogP contribution is -2.41. The van der Waals surface area contributed by atoms with Crippen molar-refractivity contribution < 1.29 is 9.53 Å². The number of nitriles is 1. The zero-order chi connectivity index (χ0) is 16.9. The van der Waals surface area contributed by atoms with Crippen LogP contribution in [0.1, 0.15) is 52.0 Å². The molecule has 0 unspecified atom stereocenters. The molecule has 0 aromatic carbocycles. The summed E-state index contributed by atoms with van der Waals surface area (Å²) in [5.74, 6) is 0. The first-order valence-electron chi connectivity index (χ1n) is 7.88. The largest absolute Gasteiger partial charge is 0.444 e. The molecule has 0 bridgehead atoms. The van der Waals surface area contributed by atoms with Gasteiger partial charge in [-0.15, -0.1) is 11.8 Å². The fourth-order valence-corrected chi connectivity index (χ4v) is 3.60. The normalized spacial score (nSPS) is 21.3. The van der Waals surface area contributed by atoms with Crippen LogP contribution in [-0.4, -0.2) is 28.0 Å². The van der Waals surface area contributed by atoms with Gasteiger partial charge in [-0.3, -0.25) is 0 Å². The van der Waals surface area contributed by atoms with Gasteiger partial charge in [0.1, 0.15) is 11.7 Å². The van der Waals surface area contributed by atoms with E-state index in [0.29, 0.717) is 10.8 Å². The van der Waals surface area contributed by atoms with Crippen molar-refractivity contribution in [2.75, 3.05) is 0 Å². The van der Waals surface area contributed by atoms with Gasteiger partial charge in [0.25, 0.3) is 0 Å². The Morgan fingerprint density at radius 2 is 2.04 bits per heavy atom. The molecular formula is C17H23N3O2S. The molecule has 0 aliphatic heterocycles. The fraction of sp³-hybridized carbons (Fsp3) is 0.588. The number of thioether (sulfide) groups is 1. The first-order chi connectivity index (χ1) is 10.9. The summed E-state index contributed by atoms with van der Waals surface area (Å²) in [7, 11) is 0. The predicted molar refractivity (Wildman–Crippen MR) is 90.2 cm³/mol. The van der Waals surface area contributed by atoms with E-state index in [4.69, 9.17) is 10.00 Å². The maximum absolute atomic E-state index is 11.8. The zero-order valence-corrected chi connectivity index (χ0v) is 14.7. The Hall–Kier alpha value is -1.74. The number of ether oxygens (including phenoxy) is 1. The van der Waals surface area contributed by atoms with E-state index in [1.165, 1.54) is 0 Å².